The summed E-state index contributed by atoms with van der Waals surface area (Å²) in [5.74, 6) is -1.29. The minimum atomic E-state index is -4.78. The van der Waals surface area contributed by atoms with Gasteiger partial charge in [-0.05, 0) is 31.2 Å². The van der Waals surface area contributed by atoms with Crippen LogP contribution in [-0.2, 0) is 19.1 Å². The Morgan fingerprint density at radius 2 is 1.81 bits per heavy atom. The van der Waals surface area contributed by atoms with Crippen molar-refractivity contribution in [2.24, 2.45) is 0 Å². The molecular formula is C16H21F3N2O5. The fourth-order valence-electron chi connectivity index (χ4n) is 1.97. The molecule has 1 aromatic carbocycles. The first-order chi connectivity index (χ1) is 12.2. The summed E-state index contributed by atoms with van der Waals surface area (Å²) in [7, 11) is 1.49. The van der Waals surface area contributed by atoms with E-state index in [2.05, 4.69) is 10.1 Å². The molecule has 0 aliphatic carbocycles. The number of methoxy groups -OCH3 is 1. The van der Waals surface area contributed by atoms with Crippen LogP contribution in [0.4, 0.5) is 18.9 Å². The Balaban J connectivity index is 2.59. The van der Waals surface area contributed by atoms with E-state index in [4.69, 9.17) is 9.47 Å². The summed E-state index contributed by atoms with van der Waals surface area (Å²) in [4.78, 5) is 25.2. The number of carbonyl (C=O) groups excluding carboxylic acids is 2. The molecule has 1 amide bonds. The van der Waals surface area contributed by atoms with Crippen molar-refractivity contribution < 1.29 is 37.0 Å². The average molecular weight is 378 g/mol. The quantitative estimate of drug-likeness (QED) is 0.628. The standard InChI is InChI=1S/C16H21F3N2O5/c1-3-25-15(23)11-21(8-9-24-2)10-14(22)20-12-4-6-13(7-5-12)26-16(17,18)19/h4-7H,3,8-11H2,1-2H3,(H,20,22). The Morgan fingerprint density at radius 3 is 2.35 bits per heavy atom. The number of hydrogen-bond donors (Lipinski definition) is 1. The molecule has 0 radical (unpaired) electrons. The van der Waals surface area contributed by atoms with Gasteiger partial charge in [-0.3, -0.25) is 14.5 Å². The molecule has 1 rings (SSSR count). The van der Waals surface area contributed by atoms with E-state index in [1.807, 2.05) is 0 Å². The third kappa shape index (κ3) is 9.23. The zero-order valence-electron chi connectivity index (χ0n) is 14.5. The molecule has 26 heavy (non-hydrogen) atoms. The summed E-state index contributed by atoms with van der Waals surface area (Å²) < 4.78 is 49.9. The van der Waals surface area contributed by atoms with Crippen LogP contribution in [0.3, 0.4) is 0 Å². The average Bonchev–Trinajstić information content (AvgIpc) is 2.53. The topological polar surface area (TPSA) is 77.1 Å². The van der Waals surface area contributed by atoms with Crippen LogP contribution < -0.4 is 10.1 Å². The van der Waals surface area contributed by atoms with Gasteiger partial charge in [-0.2, -0.15) is 0 Å². The Labute approximate surface area is 149 Å². The maximum absolute atomic E-state index is 12.1. The van der Waals surface area contributed by atoms with Crippen molar-refractivity contribution >= 4 is 17.6 Å². The largest absolute Gasteiger partial charge is 0.573 e. The molecule has 0 bridgehead atoms. The molecule has 10 heteroatoms. The number of nitrogens with zero attached hydrogens (tertiary/aromatic N) is 1. The number of rotatable bonds is 10. The summed E-state index contributed by atoms with van der Waals surface area (Å²) in [6.45, 7) is 2.37. The second-order valence-corrected chi connectivity index (χ2v) is 5.13. The van der Waals surface area contributed by atoms with E-state index in [0.29, 0.717) is 18.8 Å². The lowest BCUT2D eigenvalue weighted by Crippen LogP contribution is -2.39. The third-order valence-electron chi connectivity index (χ3n) is 3.01. The van der Waals surface area contributed by atoms with Crippen LogP contribution in [-0.4, -0.2) is 63.1 Å². The Hall–Kier alpha value is -2.33. The number of carbonyl (C=O) groups is 2. The molecule has 0 spiro atoms. The van der Waals surface area contributed by atoms with E-state index in [1.54, 1.807) is 6.92 Å². The second kappa shape index (κ2) is 10.6. The summed E-state index contributed by atoms with van der Waals surface area (Å²) in [6.07, 6.45) is -4.78. The molecule has 146 valence electrons. The van der Waals surface area contributed by atoms with Crippen molar-refractivity contribution in [3.8, 4) is 5.75 Å². The van der Waals surface area contributed by atoms with Crippen molar-refractivity contribution in [3.63, 3.8) is 0 Å². The van der Waals surface area contributed by atoms with Gasteiger partial charge in [0.2, 0.25) is 5.91 Å². The zero-order valence-corrected chi connectivity index (χ0v) is 14.5. The highest BCUT2D eigenvalue weighted by atomic mass is 19.4. The molecule has 0 heterocycles. The molecule has 0 atom stereocenters. The fourth-order valence-corrected chi connectivity index (χ4v) is 1.97. The van der Waals surface area contributed by atoms with Gasteiger partial charge < -0.3 is 19.5 Å². The van der Waals surface area contributed by atoms with E-state index in [0.717, 1.165) is 12.1 Å². The van der Waals surface area contributed by atoms with Gasteiger partial charge in [0.25, 0.3) is 0 Å². The number of esters is 1. The lowest BCUT2D eigenvalue weighted by Gasteiger charge is -2.20. The van der Waals surface area contributed by atoms with Crippen molar-refractivity contribution in [1.82, 2.24) is 4.90 Å². The predicted molar refractivity (Wildman–Crippen MR) is 86.7 cm³/mol. The van der Waals surface area contributed by atoms with Crippen LogP contribution in [0.15, 0.2) is 24.3 Å². The van der Waals surface area contributed by atoms with Crippen LogP contribution in [0.25, 0.3) is 0 Å². The van der Waals surface area contributed by atoms with E-state index in [9.17, 15) is 22.8 Å². The molecular weight excluding hydrogens is 357 g/mol. The van der Waals surface area contributed by atoms with Crippen molar-refractivity contribution in [2.45, 2.75) is 13.3 Å². The fraction of sp³-hybridized carbons (Fsp3) is 0.500. The molecule has 0 fully saturated rings. The smallest absolute Gasteiger partial charge is 0.465 e. The molecule has 0 saturated heterocycles. The number of amides is 1. The van der Waals surface area contributed by atoms with Gasteiger partial charge in [0.15, 0.2) is 0 Å². The number of anilines is 1. The molecule has 1 N–H and O–H groups in total. The number of ether oxygens (including phenoxy) is 3. The maximum Gasteiger partial charge on any atom is 0.573 e. The second-order valence-electron chi connectivity index (χ2n) is 5.13. The predicted octanol–water partition coefficient (Wildman–Crippen LogP) is 2.04. The summed E-state index contributed by atoms with van der Waals surface area (Å²) in [6, 6.07) is 4.74. The van der Waals surface area contributed by atoms with Gasteiger partial charge in [-0.15, -0.1) is 13.2 Å². The summed E-state index contributed by atoms with van der Waals surface area (Å²) in [5.41, 5.74) is 0.298. The van der Waals surface area contributed by atoms with Gasteiger partial charge in [0.05, 0.1) is 26.3 Å². The highest BCUT2D eigenvalue weighted by Crippen LogP contribution is 2.23. The number of alkyl halides is 3. The normalized spacial score (nSPS) is 11.3. The number of benzene rings is 1. The van der Waals surface area contributed by atoms with E-state index >= 15 is 0 Å². The number of halogens is 3. The first kappa shape index (κ1) is 21.7. The summed E-state index contributed by atoms with van der Waals surface area (Å²) >= 11 is 0. The van der Waals surface area contributed by atoms with Gasteiger partial charge in [0, 0.05) is 19.3 Å². The SMILES string of the molecule is CCOC(=O)CN(CCOC)CC(=O)Nc1ccc(OC(F)(F)F)cc1. The first-order valence-electron chi connectivity index (χ1n) is 7.76. The maximum atomic E-state index is 12.1. The minimum absolute atomic E-state index is 0.0804. The van der Waals surface area contributed by atoms with E-state index in [1.165, 1.54) is 24.1 Å². The van der Waals surface area contributed by atoms with Crippen LogP contribution in [0.2, 0.25) is 0 Å². The molecule has 0 saturated carbocycles. The monoisotopic (exact) mass is 378 g/mol. The Morgan fingerprint density at radius 1 is 1.15 bits per heavy atom. The van der Waals surface area contributed by atoms with Crippen LogP contribution in [0, 0.1) is 0 Å². The first-order valence-corrected chi connectivity index (χ1v) is 7.76. The molecule has 7 nitrogen and oxygen atoms in total. The molecule has 0 aliphatic heterocycles. The van der Waals surface area contributed by atoms with Gasteiger partial charge in [0.1, 0.15) is 5.75 Å². The van der Waals surface area contributed by atoms with Gasteiger partial charge >= 0.3 is 12.3 Å². The van der Waals surface area contributed by atoms with Gasteiger partial charge in [-0.1, -0.05) is 0 Å². The van der Waals surface area contributed by atoms with Crippen molar-refractivity contribution in [1.29, 1.82) is 0 Å². The Kier molecular flexibility index (Phi) is 8.86. The highest BCUT2D eigenvalue weighted by Gasteiger charge is 2.31. The highest BCUT2D eigenvalue weighted by molar-refractivity contribution is 5.92. The van der Waals surface area contributed by atoms with Crippen LogP contribution in [0.5, 0.6) is 5.75 Å². The van der Waals surface area contributed by atoms with Crippen molar-refractivity contribution in [3.05, 3.63) is 24.3 Å². The lowest BCUT2D eigenvalue weighted by molar-refractivity contribution is -0.274. The Bertz CT molecular complexity index is 578. The molecule has 0 aromatic heterocycles. The minimum Gasteiger partial charge on any atom is -0.465 e. The van der Waals surface area contributed by atoms with E-state index < -0.39 is 18.2 Å². The van der Waals surface area contributed by atoms with Crippen molar-refractivity contribution in [2.75, 3.05) is 45.3 Å². The lowest BCUT2D eigenvalue weighted by atomic mass is 10.3. The summed E-state index contributed by atoms with van der Waals surface area (Å²) in [5, 5.41) is 2.53. The zero-order chi connectivity index (χ0) is 19.6. The van der Waals surface area contributed by atoms with E-state index in [-0.39, 0.29) is 25.4 Å². The molecule has 0 unspecified atom stereocenters. The van der Waals surface area contributed by atoms with Crippen LogP contribution in [0.1, 0.15) is 6.92 Å². The molecule has 0 aliphatic rings. The molecule has 1 aromatic rings. The third-order valence-corrected chi connectivity index (χ3v) is 3.01. The van der Waals surface area contributed by atoms with Crippen LogP contribution >= 0.6 is 0 Å². The number of hydrogen-bond acceptors (Lipinski definition) is 6. The number of nitrogens with one attached hydrogen (secondary N) is 1. The van der Waals surface area contributed by atoms with Gasteiger partial charge in [-0.25, -0.2) is 0 Å².